The highest BCUT2D eigenvalue weighted by Crippen LogP contribution is 2.37. The van der Waals surface area contributed by atoms with Crippen LogP contribution in [-0.4, -0.2) is 42.6 Å². The summed E-state index contributed by atoms with van der Waals surface area (Å²) in [5.74, 6) is -1.56. The molecule has 5 nitrogen and oxygen atoms in total. The molecule has 1 fully saturated rings. The molecule has 2 aromatic rings. The van der Waals surface area contributed by atoms with Gasteiger partial charge < -0.3 is 5.11 Å². The Morgan fingerprint density at radius 1 is 1.15 bits per heavy atom. The lowest BCUT2D eigenvalue weighted by Crippen LogP contribution is -2.48. The molecule has 0 aromatic heterocycles. The van der Waals surface area contributed by atoms with Crippen molar-refractivity contribution in [3.63, 3.8) is 0 Å². The molecule has 1 N–H and O–H groups in total. The van der Waals surface area contributed by atoms with E-state index in [2.05, 4.69) is 15.9 Å². The Hall–Kier alpha value is -1.48. The number of rotatable bonds is 4. The van der Waals surface area contributed by atoms with Gasteiger partial charge in [-0.15, -0.1) is 0 Å². The summed E-state index contributed by atoms with van der Waals surface area (Å²) >= 11 is 9.60. The first-order valence-electron chi connectivity index (χ1n) is 8.12. The van der Waals surface area contributed by atoms with Gasteiger partial charge in [-0.1, -0.05) is 45.7 Å². The molecule has 0 saturated carbocycles. The van der Waals surface area contributed by atoms with E-state index < -0.39 is 21.7 Å². The summed E-state index contributed by atoms with van der Waals surface area (Å²) in [6, 6.07) is 11.6. The van der Waals surface area contributed by atoms with Crippen LogP contribution in [0.5, 0.6) is 0 Å². The van der Waals surface area contributed by atoms with Crippen LogP contribution >= 0.6 is 27.5 Å². The molecule has 0 atom stereocenters. The molecule has 0 bridgehead atoms. The summed E-state index contributed by atoms with van der Waals surface area (Å²) in [4.78, 5) is 11.1. The largest absolute Gasteiger partial charge is 0.479 e. The lowest BCUT2D eigenvalue weighted by molar-refractivity contribution is -0.153. The Labute approximate surface area is 169 Å². The summed E-state index contributed by atoms with van der Waals surface area (Å²) in [5, 5.41) is 9.40. The Kier molecular flexibility index (Phi) is 5.63. The van der Waals surface area contributed by atoms with Crippen molar-refractivity contribution in [1.29, 1.82) is 0 Å². The molecule has 0 aliphatic carbocycles. The number of hydrogen-bond acceptors (Lipinski definition) is 3. The van der Waals surface area contributed by atoms with Crippen molar-refractivity contribution in [2.75, 3.05) is 13.1 Å². The topological polar surface area (TPSA) is 74.7 Å². The molecule has 0 radical (unpaired) electrons. The van der Waals surface area contributed by atoms with Gasteiger partial charge in [-0.05, 0) is 24.3 Å². The van der Waals surface area contributed by atoms with Gasteiger partial charge in [0.25, 0.3) is 0 Å². The zero-order chi connectivity index (χ0) is 19.8. The van der Waals surface area contributed by atoms with Crippen LogP contribution < -0.4 is 0 Å². The van der Waals surface area contributed by atoms with Crippen molar-refractivity contribution in [3.05, 3.63) is 52.0 Å². The third kappa shape index (κ3) is 3.89. The summed E-state index contributed by atoms with van der Waals surface area (Å²) in [5.41, 5.74) is -1.41. The number of carbonyl (C=O) groups is 1. The highest BCUT2D eigenvalue weighted by atomic mass is 79.9. The molecule has 1 heterocycles. The summed E-state index contributed by atoms with van der Waals surface area (Å²) in [6.07, 6.45) is -0.779. The molecule has 144 valence electrons. The normalized spacial score (nSPS) is 17.6. The van der Waals surface area contributed by atoms with Crippen LogP contribution in [0.25, 0.3) is 11.1 Å². The number of halogens is 3. The van der Waals surface area contributed by atoms with Crippen LogP contribution in [0, 0.1) is 0 Å². The molecule has 0 spiro atoms. The maximum Gasteiger partial charge on any atom is 0.341 e. The Morgan fingerprint density at radius 2 is 1.78 bits per heavy atom. The second-order valence-corrected chi connectivity index (χ2v) is 9.52. The average Bonchev–Trinajstić information content (AvgIpc) is 2.62. The molecular formula is C18H16BrClFNO4S. The van der Waals surface area contributed by atoms with Crippen LogP contribution in [-0.2, 0) is 14.8 Å². The van der Waals surface area contributed by atoms with Gasteiger partial charge >= 0.3 is 5.97 Å². The van der Waals surface area contributed by atoms with Gasteiger partial charge in [0, 0.05) is 46.6 Å². The maximum absolute atomic E-state index is 14.3. The monoisotopic (exact) mass is 475 g/mol. The lowest BCUT2D eigenvalue weighted by Gasteiger charge is -2.33. The van der Waals surface area contributed by atoms with E-state index in [4.69, 9.17) is 16.7 Å². The van der Waals surface area contributed by atoms with Gasteiger partial charge in [-0.3, -0.25) is 0 Å². The average molecular weight is 477 g/mol. The summed E-state index contributed by atoms with van der Waals surface area (Å²) < 4.78 is 42.4. The number of hydrogen-bond donors (Lipinski definition) is 1. The van der Waals surface area contributed by atoms with Crippen molar-refractivity contribution in [1.82, 2.24) is 4.31 Å². The minimum Gasteiger partial charge on any atom is -0.479 e. The standard InChI is InChI=1S/C18H16BrClFNO4S/c19-12-5-6-16(14(11-12)13-3-1-2-4-15(13)20)27(25,26)22-9-7-18(21,8-10-22)17(23)24/h1-6,11H,7-10H2,(H,23,24). The minimum atomic E-state index is -3.96. The number of sulfonamides is 1. The molecule has 3 rings (SSSR count). The Morgan fingerprint density at radius 3 is 2.37 bits per heavy atom. The Bertz CT molecular complexity index is 991. The first-order valence-corrected chi connectivity index (χ1v) is 10.7. The molecule has 1 aliphatic heterocycles. The van der Waals surface area contributed by atoms with Crippen LogP contribution in [0.3, 0.4) is 0 Å². The predicted molar refractivity (Wildman–Crippen MR) is 104 cm³/mol. The number of piperidine rings is 1. The van der Waals surface area contributed by atoms with Crippen LogP contribution in [0.4, 0.5) is 4.39 Å². The van der Waals surface area contributed by atoms with Gasteiger partial charge in [-0.2, -0.15) is 4.31 Å². The van der Waals surface area contributed by atoms with Gasteiger partial charge in [0.15, 0.2) is 0 Å². The fraction of sp³-hybridized carbons (Fsp3) is 0.278. The van der Waals surface area contributed by atoms with E-state index in [1.54, 1.807) is 36.4 Å². The zero-order valence-corrected chi connectivity index (χ0v) is 17.2. The van der Waals surface area contributed by atoms with E-state index in [9.17, 15) is 17.6 Å². The van der Waals surface area contributed by atoms with Crippen molar-refractivity contribution in [3.8, 4) is 11.1 Å². The van der Waals surface area contributed by atoms with Crippen molar-refractivity contribution >= 4 is 43.5 Å². The van der Waals surface area contributed by atoms with E-state index in [0.717, 1.165) is 4.31 Å². The minimum absolute atomic E-state index is 0.0421. The third-order valence-electron chi connectivity index (χ3n) is 4.62. The predicted octanol–water partition coefficient (Wildman–Crippen LogP) is 4.35. The lowest BCUT2D eigenvalue weighted by atomic mass is 9.95. The van der Waals surface area contributed by atoms with Gasteiger partial charge in [0.1, 0.15) is 0 Å². The van der Waals surface area contributed by atoms with E-state index in [-0.39, 0.29) is 30.8 Å². The highest BCUT2D eigenvalue weighted by Gasteiger charge is 2.44. The Balaban J connectivity index is 2.02. The molecule has 27 heavy (non-hydrogen) atoms. The fourth-order valence-electron chi connectivity index (χ4n) is 3.05. The number of carboxylic acid groups (broad SMARTS) is 1. The summed E-state index contributed by atoms with van der Waals surface area (Å²) in [7, 11) is -3.96. The molecule has 1 saturated heterocycles. The van der Waals surface area contributed by atoms with E-state index in [1.807, 2.05) is 0 Å². The molecular weight excluding hydrogens is 461 g/mol. The number of alkyl halides is 1. The summed E-state index contributed by atoms with van der Waals surface area (Å²) in [6.45, 7) is -0.410. The molecule has 9 heteroatoms. The third-order valence-corrected chi connectivity index (χ3v) is 7.40. The second kappa shape index (κ2) is 7.50. The SMILES string of the molecule is O=C(O)C1(F)CCN(S(=O)(=O)c2ccc(Br)cc2-c2ccccc2Cl)CC1. The van der Waals surface area contributed by atoms with Gasteiger partial charge in [0.05, 0.1) is 4.90 Å². The van der Waals surface area contributed by atoms with Gasteiger partial charge in [0.2, 0.25) is 15.7 Å². The fourth-order valence-corrected chi connectivity index (χ4v) is 5.28. The van der Waals surface area contributed by atoms with Gasteiger partial charge in [-0.25, -0.2) is 17.6 Å². The number of benzene rings is 2. The van der Waals surface area contributed by atoms with Crippen molar-refractivity contribution in [2.45, 2.75) is 23.4 Å². The van der Waals surface area contributed by atoms with Crippen molar-refractivity contribution in [2.24, 2.45) is 0 Å². The molecule has 0 amide bonds. The van der Waals surface area contributed by atoms with Crippen LogP contribution in [0.1, 0.15) is 12.8 Å². The maximum atomic E-state index is 14.3. The quantitative estimate of drug-likeness (QED) is 0.712. The number of carboxylic acids is 1. The smallest absolute Gasteiger partial charge is 0.341 e. The molecule has 1 aliphatic rings. The first-order chi connectivity index (χ1) is 12.6. The zero-order valence-electron chi connectivity index (χ0n) is 14.0. The van der Waals surface area contributed by atoms with Crippen molar-refractivity contribution < 1.29 is 22.7 Å². The molecule has 2 aromatic carbocycles. The van der Waals surface area contributed by atoms with E-state index in [1.165, 1.54) is 6.07 Å². The molecule has 0 unspecified atom stereocenters. The number of nitrogens with zero attached hydrogens (tertiary/aromatic N) is 1. The highest BCUT2D eigenvalue weighted by molar-refractivity contribution is 9.10. The first kappa shape index (κ1) is 20.3. The van der Waals surface area contributed by atoms with E-state index in [0.29, 0.717) is 20.6 Å². The van der Waals surface area contributed by atoms with E-state index >= 15 is 0 Å². The number of aliphatic carboxylic acids is 1. The van der Waals surface area contributed by atoms with Crippen LogP contribution in [0.15, 0.2) is 51.8 Å². The van der Waals surface area contributed by atoms with Crippen LogP contribution in [0.2, 0.25) is 5.02 Å². The second-order valence-electron chi connectivity index (χ2n) is 6.29.